The van der Waals surface area contributed by atoms with Crippen molar-refractivity contribution in [2.45, 2.75) is 51.7 Å². The van der Waals surface area contributed by atoms with Gasteiger partial charge < -0.3 is 9.31 Å². The molecular formula is C11H18BO2. The van der Waals surface area contributed by atoms with Crippen LogP contribution in [0, 0.1) is 17.3 Å². The molecular weight excluding hydrogens is 175 g/mol. The maximum Gasteiger partial charge on any atom is 0.488 e. The molecule has 77 valence electrons. The van der Waals surface area contributed by atoms with Crippen molar-refractivity contribution >= 4 is 7.69 Å². The van der Waals surface area contributed by atoms with Crippen LogP contribution < -0.4 is 0 Å². The van der Waals surface area contributed by atoms with Gasteiger partial charge in [-0.2, -0.15) is 0 Å². The van der Waals surface area contributed by atoms with Crippen LogP contribution in [0.2, 0.25) is 0 Å². The van der Waals surface area contributed by atoms with E-state index in [0.29, 0.717) is 17.4 Å². The highest BCUT2D eigenvalue weighted by atomic mass is 16.6. The molecule has 4 atom stereocenters. The summed E-state index contributed by atoms with van der Waals surface area (Å²) in [5, 5.41) is 0. The predicted octanol–water partition coefficient (Wildman–Crippen LogP) is 2.15. The maximum atomic E-state index is 5.83. The molecule has 1 radical (unpaired) electrons. The Hall–Kier alpha value is -0.0151. The van der Waals surface area contributed by atoms with Crippen LogP contribution in [0.3, 0.4) is 0 Å². The average Bonchev–Trinajstić information content (AvgIpc) is 2.60. The Labute approximate surface area is 86.7 Å². The van der Waals surface area contributed by atoms with E-state index in [-0.39, 0.29) is 5.60 Å². The second-order valence-corrected chi connectivity index (χ2v) is 5.69. The van der Waals surface area contributed by atoms with Gasteiger partial charge in [0.15, 0.2) is 0 Å². The highest BCUT2D eigenvalue weighted by Gasteiger charge is 2.67. The molecule has 14 heavy (non-hydrogen) atoms. The van der Waals surface area contributed by atoms with Crippen LogP contribution in [0.4, 0.5) is 0 Å². The molecule has 0 aromatic carbocycles. The third-order valence-electron chi connectivity index (χ3n) is 5.14. The molecule has 0 aromatic rings. The minimum atomic E-state index is 0.0122. The maximum absolute atomic E-state index is 5.83. The summed E-state index contributed by atoms with van der Waals surface area (Å²) >= 11 is 0. The van der Waals surface area contributed by atoms with E-state index < -0.39 is 0 Å². The average molecular weight is 193 g/mol. The van der Waals surface area contributed by atoms with Gasteiger partial charge in [-0.15, -0.1) is 0 Å². The zero-order valence-electron chi connectivity index (χ0n) is 9.25. The minimum absolute atomic E-state index is 0.0122. The zero-order chi connectivity index (χ0) is 9.97. The van der Waals surface area contributed by atoms with Crippen molar-refractivity contribution in [3.8, 4) is 0 Å². The Morgan fingerprint density at radius 1 is 1.36 bits per heavy atom. The highest BCUT2D eigenvalue weighted by Crippen LogP contribution is 2.66. The molecule has 0 spiro atoms. The van der Waals surface area contributed by atoms with Crippen molar-refractivity contribution in [3.63, 3.8) is 0 Å². The van der Waals surface area contributed by atoms with Crippen molar-refractivity contribution in [1.29, 1.82) is 0 Å². The zero-order valence-corrected chi connectivity index (χ0v) is 9.25. The molecule has 3 aliphatic carbocycles. The van der Waals surface area contributed by atoms with Gasteiger partial charge in [0.2, 0.25) is 0 Å². The summed E-state index contributed by atoms with van der Waals surface area (Å²) < 4.78 is 11.4. The first kappa shape index (κ1) is 9.23. The predicted molar refractivity (Wildman–Crippen MR) is 54.7 cm³/mol. The Kier molecular flexibility index (Phi) is 1.69. The number of rotatable bonds is 1. The first-order chi connectivity index (χ1) is 6.61. The normalized spacial score (nSPS) is 53.2. The Morgan fingerprint density at radius 3 is 2.79 bits per heavy atom. The molecule has 0 amide bonds. The molecule has 3 saturated carbocycles. The van der Waals surface area contributed by atoms with Crippen molar-refractivity contribution in [1.82, 2.24) is 0 Å². The van der Waals surface area contributed by atoms with Gasteiger partial charge in [-0.3, -0.25) is 0 Å². The van der Waals surface area contributed by atoms with E-state index in [1.54, 1.807) is 7.69 Å². The molecule has 1 heterocycles. The van der Waals surface area contributed by atoms with Gasteiger partial charge in [0.25, 0.3) is 0 Å². The highest BCUT2D eigenvalue weighted by molar-refractivity contribution is 6.19. The monoisotopic (exact) mass is 193 g/mol. The van der Waals surface area contributed by atoms with E-state index in [1.165, 1.54) is 12.8 Å². The lowest BCUT2D eigenvalue weighted by molar-refractivity contribution is -0.208. The van der Waals surface area contributed by atoms with Gasteiger partial charge in [0.1, 0.15) is 0 Å². The van der Waals surface area contributed by atoms with Crippen molar-refractivity contribution in [2.75, 3.05) is 0 Å². The minimum Gasteiger partial charge on any atom is -0.407 e. The standard InChI is InChI=1S/C11H18BO2/c1-4-11-8-5-7(10(8,2)3)6-9(11)13-12-14-11/h7-9H,4-6H2,1-3H3/t7-,8-,9+,11-/m0/s1. The largest absolute Gasteiger partial charge is 0.488 e. The quantitative estimate of drug-likeness (QED) is 0.594. The first-order valence-electron chi connectivity index (χ1n) is 5.76. The van der Waals surface area contributed by atoms with Gasteiger partial charge in [-0.25, -0.2) is 0 Å². The van der Waals surface area contributed by atoms with E-state index in [4.69, 9.17) is 9.31 Å². The summed E-state index contributed by atoms with van der Waals surface area (Å²) in [6, 6.07) is 0. The molecule has 4 fully saturated rings. The second-order valence-electron chi connectivity index (χ2n) is 5.69. The van der Waals surface area contributed by atoms with E-state index in [1.807, 2.05) is 0 Å². The van der Waals surface area contributed by atoms with Crippen LogP contribution >= 0.6 is 0 Å². The molecule has 3 heteroatoms. The fourth-order valence-electron chi connectivity index (χ4n) is 4.00. The fraction of sp³-hybridized carbons (Fsp3) is 1.00. The Bertz CT molecular complexity index is 266. The van der Waals surface area contributed by atoms with Crippen LogP contribution in [0.1, 0.15) is 40.0 Å². The summed E-state index contributed by atoms with van der Waals surface area (Å²) in [4.78, 5) is 0. The summed E-state index contributed by atoms with van der Waals surface area (Å²) in [6.45, 7) is 7.01. The van der Waals surface area contributed by atoms with E-state index in [2.05, 4.69) is 20.8 Å². The van der Waals surface area contributed by atoms with Crippen molar-refractivity contribution in [3.05, 3.63) is 0 Å². The van der Waals surface area contributed by atoms with Crippen LogP contribution in [0.25, 0.3) is 0 Å². The lowest BCUT2D eigenvalue weighted by atomic mass is 9.43. The molecule has 2 bridgehead atoms. The van der Waals surface area contributed by atoms with Gasteiger partial charge >= 0.3 is 7.69 Å². The van der Waals surface area contributed by atoms with E-state index in [9.17, 15) is 0 Å². The second kappa shape index (κ2) is 2.56. The third-order valence-corrected chi connectivity index (χ3v) is 5.14. The van der Waals surface area contributed by atoms with Gasteiger partial charge in [-0.1, -0.05) is 20.8 Å². The molecule has 4 rings (SSSR count). The van der Waals surface area contributed by atoms with Gasteiger partial charge in [0.05, 0.1) is 11.7 Å². The molecule has 0 N–H and O–H groups in total. The number of hydrogen-bond acceptors (Lipinski definition) is 2. The van der Waals surface area contributed by atoms with Crippen LogP contribution in [-0.2, 0) is 9.31 Å². The van der Waals surface area contributed by atoms with Crippen molar-refractivity contribution in [2.24, 2.45) is 17.3 Å². The summed E-state index contributed by atoms with van der Waals surface area (Å²) in [7, 11) is 1.59. The Balaban J connectivity index is 1.97. The Morgan fingerprint density at radius 2 is 2.14 bits per heavy atom. The summed E-state index contributed by atoms with van der Waals surface area (Å²) in [5.74, 6) is 1.55. The van der Waals surface area contributed by atoms with E-state index in [0.717, 1.165) is 12.3 Å². The van der Waals surface area contributed by atoms with Crippen LogP contribution in [0.15, 0.2) is 0 Å². The third kappa shape index (κ3) is 0.820. The molecule has 1 aliphatic heterocycles. The van der Waals surface area contributed by atoms with Crippen LogP contribution in [0.5, 0.6) is 0 Å². The SMILES string of the molecule is CC[C@@]12O[B]O[C@@H]1C[C@@H]1C[C@H]2C1(C)C. The topological polar surface area (TPSA) is 18.5 Å². The van der Waals surface area contributed by atoms with Crippen molar-refractivity contribution < 1.29 is 9.31 Å². The van der Waals surface area contributed by atoms with Crippen LogP contribution in [-0.4, -0.2) is 19.4 Å². The molecule has 4 aliphatic rings. The summed E-state index contributed by atoms with van der Waals surface area (Å²) in [6.07, 6.45) is 3.95. The molecule has 0 aromatic heterocycles. The van der Waals surface area contributed by atoms with E-state index >= 15 is 0 Å². The smallest absolute Gasteiger partial charge is 0.407 e. The number of hydrogen-bond donors (Lipinski definition) is 0. The molecule has 1 saturated heterocycles. The first-order valence-corrected chi connectivity index (χ1v) is 5.76. The molecule has 2 nitrogen and oxygen atoms in total. The lowest BCUT2D eigenvalue weighted by Gasteiger charge is -2.65. The fourth-order valence-corrected chi connectivity index (χ4v) is 4.00. The van der Waals surface area contributed by atoms with Gasteiger partial charge in [0, 0.05) is 0 Å². The van der Waals surface area contributed by atoms with Gasteiger partial charge in [-0.05, 0) is 36.5 Å². The summed E-state index contributed by atoms with van der Waals surface area (Å²) in [5.41, 5.74) is 0.478. The lowest BCUT2D eigenvalue weighted by Crippen LogP contribution is -2.66. The molecule has 0 unspecified atom stereocenters.